The smallest absolute Gasteiger partial charge is 0.0448 e. The Morgan fingerprint density at radius 3 is 2.40 bits per heavy atom. The van der Waals surface area contributed by atoms with Crippen molar-refractivity contribution in [3.8, 4) is 0 Å². The highest BCUT2D eigenvalue weighted by atomic mass is 15.2. The molecule has 1 fully saturated rings. The van der Waals surface area contributed by atoms with Crippen molar-refractivity contribution in [3.05, 3.63) is 42.0 Å². The Morgan fingerprint density at radius 1 is 1.10 bits per heavy atom. The molecule has 0 amide bonds. The van der Waals surface area contributed by atoms with Gasteiger partial charge in [0.25, 0.3) is 0 Å². The Bertz CT molecular complexity index is 599. The van der Waals surface area contributed by atoms with E-state index in [0.29, 0.717) is 12.5 Å². The van der Waals surface area contributed by atoms with Crippen LogP contribution in [0.4, 0.5) is 5.69 Å². The Hall–Kier alpha value is -1.54. The predicted molar refractivity (Wildman–Crippen MR) is 87.0 cm³/mol. The lowest BCUT2D eigenvalue weighted by atomic mass is 10.0. The van der Waals surface area contributed by atoms with Gasteiger partial charge in [-0.15, -0.1) is 0 Å². The van der Waals surface area contributed by atoms with Crippen molar-refractivity contribution in [2.45, 2.75) is 39.3 Å². The van der Waals surface area contributed by atoms with Crippen LogP contribution < -0.4 is 10.6 Å². The zero-order chi connectivity index (χ0) is 14.1. The summed E-state index contributed by atoms with van der Waals surface area (Å²) in [6.07, 6.45) is 2.67. The molecule has 1 saturated carbocycles. The monoisotopic (exact) mass is 268 g/mol. The summed E-state index contributed by atoms with van der Waals surface area (Å²) in [7, 11) is 0. The molecule has 0 aliphatic heterocycles. The van der Waals surface area contributed by atoms with Crippen molar-refractivity contribution in [2.75, 3.05) is 11.4 Å². The number of nitrogens with zero attached hydrogens (tertiary/aromatic N) is 1. The fraction of sp³-hybridized carbons (Fsp3) is 0.444. The molecule has 0 atom stereocenters. The average Bonchev–Trinajstić information content (AvgIpc) is 3.28. The summed E-state index contributed by atoms with van der Waals surface area (Å²) in [4.78, 5) is 2.60. The molecule has 0 saturated heterocycles. The standard InChI is InChI=1S/C18H24N2/c1-13(2)12-20(15-8-9-15)18-10-7-14(11-19)16-5-3-4-6-17(16)18/h3-7,10,13,15H,8-9,11-12,19H2,1-2H3. The van der Waals surface area contributed by atoms with E-state index in [1.807, 2.05) is 0 Å². The van der Waals surface area contributed by atoms with Crippen molar-refractivity contribution in [1.82, 2.24) is 0 Å². The zero-order valence-electron chi connectivity index (χ0n) is 12.5. The van der Waals surface area contributed by atoms with Crippen LogP contribution in [0.25, 0.3) is 10.8 Å². The Kier molecular flexibility index (Phi) is 3.66. The van der Waals surface area contributed by atoms with E-state index in [1.54, 1.807) is 0 Å². The molecule has 3 rings (SSSR count). The first-order valence-electron chi connectivity index (χ1n) is 7.68. The zero-order valence-corrected chi connectivity index (χ0v) is 12.5. The largest absolute Gasteiger partial charge is 0.368 e. The van der Waals surface area contributed by atoms with Gasteiger partial charge in [0.1, 0.15) is 0 Å². The molecule has 2 heteroatoms. The molecule has 0 unspecified atom stereocenters. The first-order valence-corrected chi connectivity index (χ1v) is 7.68. The van der Waals surface area contributed by atoms with Gasteiger partial charge in [0, 0.05) is 30.2 Å². The molecule has 2 aromatic carbocycles. The van der Waals surface area contributed by atoms with Gasteiger partial charge in [-0.25, -0.2) is 0 Å². The van der Waals surface area contributed by atoms with Crippen LogP contribution in [0, 0.1) is 5.92 Å². The van der Waals surface area contributed by atoms with E-state index in [9.17, 15) is 0 Å². The maximum atomic E-state index is 5.88. The van der Waals surface area contributed by atoms with Crippen LogP contribution in [0.2, 0.25) is 0 Å². The second kappa shape index (κ2) is 5.45. The van der Waals surface area contributed by atoms with E-state index < -0.39 is 0 Å². The van der Waals surface area contributed by atoms with Gasteiger partial charge in [-0.2, -0.15) is 0 Å². The van der Waals surface area contributed by atoms with Crippen LogP contribution in [0.3, 0.4) is 0 Å². The van der Waals surface area contributed by atoms with Crippen molar-refractivity contribution < 1.29 is 0 Å². The average molecular weight is 268 g/mol. The van der Waals surface area contributed by atoms with Crippen LogP contribution in [-0.2, 0) is 6.54 Å². The molecule has 0 spiro atoms. The topological polar surface area (TPSA) is 29.3 Å². The molecule has 106 valence electrons. The van der Waals surface area contributed by atoms with Crippen molar-refractivity contribution in [2.24, 2.45) is 11.7 Å². The van der Waals surface area contributed by atoms with Crippen molar-refractivity contribution in [1.29, 1.82) is 0 Å². The van der Waals surface area contributed by atoms with Gasteiger partial charge >= 0.3 is 0 Å². The fourth-order valence-electron chi connectivity index (χ4n) is 3.00. The lowest BCUT2D eigenvalue weighted by Crippen LogP contribution is -2.30. The van der Waals surface area contributed by atoms with Crippen LogP contribution in [0.15, 0.2) is 36.4 Å². The molecule has 0 aromatic heterocycles. The Labute approximate surface area is 121 Å². The van der Waals surface area contributed by atoms with E-state index in [4.69, 9.17) is 5.73 Å². The number of anilines is 1. The molecule has 0 heterocycles. The summed E-state index contributed by atoms with van der Waals surface area (Å²) in [5.41, 5.74) is 8.51. The molecular weight excluding hydrogens is 244 g/mol. The van der Waals surface area contributed by atoms with Gasteiger partial charge in [-0.1, -0.05) is 44.2 Å². The van der Waals surface area contributed by atoms with Gasteiger partial charge in [0.05, 0.1) is 0 Å². The number of hydrogen-bond acceptors (Lipinski definition) is 2. The van der Waals surface area contributed by atoms with Gasteiger partial charge in [-0.05, 0) is 35.8 Å². The Morgan fingerprint density at radius 2 is 1.80 bits per heavy atom. The molecule has 2 aromatic rings. The Balaban J connectivity index is 2.10. The second-order valence-electron chi connectivity index (χ2n) is 6.27. The van der Waals surface area contributed by atoms with E-state index in [0.717, 1.165) is 12.6 Å². The van der Waals surface area contributed by atoms with Gasteiger partial charge < -0.3 is 10.6 Å². The quantitative estimate of drug-likeness (QED) is 0.890. The summed E-state index contributed by atoms with van der Waals surface area (Å²) in [5.74, 6) is 0.684. The third-order valence-electron chi connectivity index (χ3n) is 4.07. The summed E-state index contributed by atoms with van der Waals surface area (Å²) in [6.45, 7) is 6.34. The molecule has 20 heavy (non-hydrogen) atoms. The first kappa shape index (κ1) is 13.4. The summed E-state index contributed by atoms with van der Waals surface area (Å²) in [5, 5.41) is 2.66. The van der Waals surface area contributed by atoms with Crippen LogP contribution in [0.5, 0.6) is 0 Å². The minimum absolute atomic E-state index is 0.606. The van der Waals surface area contributed by atoms with E-state index in [1.165, 1.54) is 34.9 Å². The third-order valence-corrected chi connectivity index (χ3v) is 4.07. The van der Waals surface area contributed by atoms with E-state index >= 15 is 0 Å². The lowest BCUT2D eigenvalue weighted by Gasteiger charge is -2.28. The maximum Gasteiger partial charge on any atom is 0.0448 e. The van der Waals surface area contributed by atoms with E-state index in [-0.39, 0.29) is 0 Å². The molecule has 1 aliphatic carbocycles. The number of benzene rings is 2. The number of hydrogen-bond donors (Lipinski definition) is 1. The number of nitrogens with two attached hydrogens (primary N) is 1. The molecule has 0 bridgehead atoms. The number of fused-ring (bicyclic) bond motifs is 1. The summed E-state index contributed by atoms with van der Waals surface area (Å²) in [6, 6.07) is 13.9. The highest BCUT2D eigenvalue weighted by Crippen LogP contribution is 2.37. The normalized spacial score (nSPS) is 15.0. The molecule has 1 aliphatic rings. The lowest BCUT2D eigenvalue weighted by molar-refractivity contribution is 0.608. The second-order valence-corrected chi connectivity index (χ2v) is 6.27. The van der Waals surface area contributed by atoms with Crippen LogP contribution >= 0.6 is 0 Å². The summed E-state index contributed by atoms with van der Waals surface area (Å²) < 4.78 is 0. The number of rotatable bonds is 5. The first-order chi connectivity index (χ1) is 9.70. The van der Waals surface area contributed by atoms with Gasteiger partial charge in [-0.3, -0.25) is 0 Å². The fourth-order valence-corrected chi connectivity index (χ4v) is 3.00. The summed E-state index contributed by atoms with van der Waals surface area (Å²) >= 11 is 0. The molecular formula is C18H24N2. The molecule has 2 N–H and O–H groups in total. The van der Waals surface area contributed by atoms with E-state index in [2.05, 4.69) is 55.1 Å². The molecule has 0 radical (unpaired) electrons. The minimum atomic E-state index is 0.606. The third kappa shape index (κ3) is 2.53. The van der Waals surface area contributed by atoms with Gasteiger partial charge in [0.15, 0.2) is 0 Å². The van der Waals surface area contributed by atoms with Gasteiger partial charge in [0.2, 0.25) is 0 Å². The molecule has 2 nitrogen and oxygen atoms in total. The van der Waals surface area contributed by atoms with Crippen LogP contribution in [0.1, 0.15) is 32.3 Å². The predicted octanol–water partition coefficient (Wildman–Crippen LogP) is 3.92. The van der Waals surface area contributed by atoms with Crippen molar-refractivity contribution >= 4 is 16.5 Å². The highest BCUT2D eigenvalue weighted by molar-refractivity contribution is 5.96. The highest BCUT2D eigenvalue weighted by Gasteiger charge is 2.30. The maximum absolute atomic E-state index is 5.88. The van der Waals surface area contributed by atoms with Crippen LogP contribution in [-0.4, -0.2) is 12.6 Å². The SMILES string of the molecule is CC(C)CN(c1ccc(CN)c2ccccc12)C1CC1. The van der Waals surface area contributed by atoms with Crippen molar-refractivity contribution in [3.63, 3.8) is 0 Å². The minimum Gasteiger partial charge on any atom is -0.368 e.